The third-order valence-corrected chi connectivity index (χ3v) is 3.91. The number of fused-ring (bicyclic) bond motifs is 1. The van der Waals surface area contributed by atoms with E-state index in [9.17, 15) is 4.79 Å². The van der Waals surface area contributed by atoms with Crippen molar-refractivity contribution in [3.63, 3.8) is 0 Å². The lowest BCUT2D eigenvalue weighted by atomic mass is 10.1. The van der Waals surface area contributed by atoms with Gasteiger partial charge in [-0.1, -0.05) is 0 Å². The van der Waals surface area contributed by atoms with Gasteiger partial charge in [-0.2, -0.15) is 0 Å². The average Bonchev–Trinajstić information content (AvgIpc) is 2.60. The molecule has 0 aliphatic carbocycles. The summed E-state index contributed by atoms with van der Waals surface area (Å²) in [7, 11) is 7.02. The van der Waals surface area contributed by atoms with Crippen molar-refractivity contribution in [1.29, 1.82) is 0 Å². The molecule has 3 rings (SSSR count). The summed E-state index contributed by atoms with van der Waals surface area (Å²) in [5, 5.41) is 0.460. The molecule has 2 aromatic carbocycles. The van der Waals surface area contributed by atoms with E-state index < -0.39 is 0 Å². The molecule has 0 spiro atoms. The van der Waals surface area contributed by atoms with Crippen molar-refractivity contribution in [2.24, 2.45) is 0 Å². The van der Waals surface area contributed by atoms with E-state index in [0.717, 1.165) is 11.3 Å². The summed E-state index contributed by atoms with van der Waals surface area (Å²) in [6, 6.07) is 12.7. The number of hydrogen-bond acceptors (Lipinski definition) is 5. The van der Waals surface area contributed by atoms with Crippen LogP contribution in [0.4, 0.5) is 5.69 Å². The van der Waals surface area contributed by atoms with Gasteiger partial charge in [0.25, 0.3) is 0 Å². The van der Waals surface area contributed by atoms with Gasteiger partial charge in [-0.25, -0.2) is 0 Å². The number of nitrogens with zero attached hydrogens (tertiary/aromatic N) is 1. The first-order valence-electron chi connectivity index (χ1n) is 7.51. The minimum atomic E-state index is -0.121. The molecule has 0 aliphatic rings. The van der Waals surface area contributed by atoms with Gasteiger partial charge in [0.1, 0.15) is 5.76 Å². The van der Waals surface area contributed by atoms with Crippen LogP contribution in [0.5, 0.6) is 11.5 Å². The van der Waals surface area contributed by atoms with E-state index in [1.165, 1.54) is 13.2 Å². The van der Waals surface area contributed by atoms with E-state index >= 15 is 0 Å². The Morgan fingerprint density at radius 1 is 0.960 bits per heavy atom. The second kappa shape index (κ2) is 7.61. The minimum Gasteiger partial charge on any atom is -0.493 e. The van der Waals surface area contributed by atoms with E-state index in [1.807, 2.05) is 43.3 Å². The van der Waals surface area contributed by atoms with Crippen LogP contribution >= 0.6 is 17.0 Å². The topological polar surface area (TPSA) is 51.9 Å². The molecule has 0 atom stereocenters. The highest BCUT2D eigenvalue weighted by Gasteiger charge is 2.15. The van der Waals surface area contributed by atoms with Crippen LogP contribution < -0.4 is 19.8 Å². The van der Waals surface area contributed by atoms with Crippen molar-refractivity contribution in [2.75, 3.05) is 33.2 Å². The largest absolute Gasteiger partial charge is 0.493 e. The number of ether oxygens (including phenoxy) is 2. The smallest absolute Gasteiger partial charge is 0.204 e. The van der Waals surface area contributed by atoms with Crippen LogP contribution in [-0.4, -0.2) is 28.3 Å². The molecule has 0 bridgehead atoms. The molecule has 25 heavy (non-hydrogen) atoms. The summed E-state index contributed by atoms with van der Waals surface area (Å²) in [6.07, 6.45) is 0. The highest BCUT2D eigenvalue weighted by atomic mass is 79.9. The van der Waals surface area contributed by atoms with Crippen LogP contribution in [0, 0.1) is 0 Å². The van der Waals surface area contributed by atoms with E-state index in [4.69, 9.17) is 13.9 Å². The Bertz CT molecular complexity index is 933. The summed E-state index contributed by atoms with van der Waals surface area (Å²) in [6.45, 7) is 0. The first-order chi connectivity index (χ1) is 11.5. The molecule has 3 aromatic rings. The lowest BCUT2D eigenvalue weighted by Crippen LogP contribution is -2.08. The molecular formula is C19H20BrNO4. The molecule has 132 valence electrons. The fourth-order valence-corrected chi connectivity index (χ4v) is 2.60. The lowest BCUT2D eigenvalue weighted by Gasteiger charge is -2.13. The molecule has 0 saturated heterocycles. The maximum absolute atomic E-state index is 12.5. The van der Waals surface area contributed by atoms with Crippen LogP contribution in [0.2, 0.25) is 0 Å². The molecule has 1 aromatic heterocycles. The van der Waals surface area contributed by atoms with Crippen LogP contribution in [0.25, 0.3) is 22.3 Å². The van der Waals surface area contributed by atoms with Gasteiger partial charge in [0, 0.05) is 31.4 Å². The standard InChI is InChI=1S/C19H19NO4.BrH/c1-20(2)13-7-5-12(6-8-13)17-11-15(21)14-9-10-16(22-3)19(23-4)18(14)24-17;/h5-11H,1-4H3;1H. The molecule has 0 unspecified atom stereocenters. The third-order valence-electron chi connectivity index (χ3n) is 3.91. The summed E-state index contributed by atoms with van der Waals surface area (Å²) >= 11 is 0. The Kier molecular flexibility index (Phi) is 5.74. The summed E-state index contributed by atoms with van der Waals surface area (Å²) in [4.78, 5) is 14.5. The van der Waals surface area contributed by atoms with Gasteiger partial charge in [0.05, 0.1) is 19.6 Å². The fraction of sp³-hybridized carbons (Fsp3) is 0.211. The SMILES string of the molecule is Br.COc1ccc2c(=O)cc(-c3ccc(N(C)C)cc3)oc2c1OC. The molecule has 0 saturated carbocycles. The molecule has 5 nitrogen and oxygen atoms in total. The predicted octanol–water partition coefficient (Wildman–Crippen LogP) is 4.12. The number of anilines is 1. The zero-order valence-corrected chi connectivity index (χ0v) is 16.2. The van der Waals surface area contributed by atoms with Crippen LogP contribution in [-0.2, 0) is 0 Å². The number of methoxy groups -OCH3 is 2. The first kappa shape index (κ1) is 18.9. The van der Waals surface area contributed by atoms with Gasteiger partial charge in [0.15, 0.2) is 16.8 Å². The van der Waals surface area contributed by atoms with Crippen molar-refractivity contribution in [2.45, 2.75) is 0 Å². The monoisotopic (exact) mass is 405 g/mol. The highest BCUT2D eigenvalue weighted by molar-refractivity contribution is 8.93. The zero-order valence-electron chi connectivity index (χ0n) is 14.5. The van der Waals surface area contributed by atoms with Crippen molar-refractivity contribution in [1.82, 2.24) is 0 Å². The normalized spacial score (nSPS) is 10.2. The predicted molar refractivity (Wildman–Crippen MR) is 106 cm³/mol. The van der Waals surface area contributed by atoms with Crippen LogP contribution in [0.15, 0.2) is 51.7 Å². The average molecular weight is 406 g/mol. The second-order valence-electron chi connectivity index (χ2n) is 5.59. The number of halogens is 1. The van der Waals surface area contributed by atoms with Gasteiger partial charge in [0.2, 0.25) is 5.75 Å². The Hall–Kier alpha value is -2.47. The van der Waals surface area contributed by atoms with Crippen LogP contribution in [0.3, 0.4) is 0 Å². The van der Waals surface area contributed by atoms with Crippen molar-refractivity contribution < 1.29 is 13.9 Å². The first-order valence-corrected chi connectivity index (χ1v) is 7.51. The lowest BCUT2D eigenvalue weighted by molar-refractivity contribution is 0.353. The number of hydrogen-bond donors (Lipinski definition) is 0. The van der Waals surface area contributed by atoms with Gasteiger partial charge in [-0.3, -0.25) is 4.79 Å². The number of benzene rings is 2. The Labute approximate surface area is 156 Å². The number of rotatable bonds is 4. The molecule has 1 heterocycles. The molecule has 0 N–H and O–H groups in total. The second-order valence-corrected chi connectivity index (χ2v) is 5.59. The quantitative estimate of drug-likeness (QED) is 0.653. The van der Waals surface area contributed by atoms with Gasteiger partial charge < -0.3 is 18.8 Å². The van der Waals surface area contributed by atoms with E-state index in [1.54, 1.807) is 19.2 Å². The Balaban J connectivity index is 0.00000225. The Morgan fingerprint density at radius 3 is 2.20 bits per heavy atom. The molecule has 0 amide bonds. The highest BCUT2D eigenvalue weighted by Crippen LogP contribution is 2.36. The van der Waals surface area contributed by atoms with E-state index in [0.29, 0.717) is 28.2 Å². The van der Waals surface area contributed by atoms with Crippen LogP contribution in [0.1, 0.15) is 0 Å². The van der Waals surface area contributed by atoms with Gasteiger partial charge >= 0.3 is 0 Å². The maximum Gasteiger partial charge on any atom is 0.204 e. The summed E-state index contributed by atoms with van der Waals surface area (Å²) in [5.74, 6) is 1.43. The van der Waals surface area contributed by atoms with Crippen molar-refractivity contribution in [3.05, 3.63) is 52.7 Å². The van der Waals surface area contributed by atoms with Gasteiger partial charge in [-0.05, 0) is 36.4 Å². The maximum atomic E-state index is 12.5. The van der Waals surface area contributed by atoms with Gasteiger partial charge in [-0.15, -0.1) is 17.0 Å². The Morgan fingerprint density at radius 2 is 1.64 bits per heavy atom. The van der Waals surface area contributed by atoms with Crippen molar-refractivity contribution in [3.8, 4) is 22.8 Å². The van der Waals surface area contributed by atoms with E-state index in [-0.39, 0.29) is 22.4 Å². The molecular weight excluding hydrogens is 386 g/mol. The van der Waals surface area contributed by atoms with E-state index in [2.05, 4.69) is 0 Å². The van der Waals surface area contributed by atoms with Crippen molar-refractivity contribution >= 4 is 33.6 Å². The zero-order chi connectivity index (χ0) is 17.3. The third kappa shape index (κ3) is 3.49. The molecule has 0 radical (unpaired) electrons. The fourth-order valence-electron chi connectivity index (χ4n) is 2.60. The molecule has 0 aliphatic heterocycles. The summed E-state index contributed by atoms with van der Waals surface area (Å²) < 4.78 is 16.6. The molecule has 0 fully saturated rings. The summed E-state index contributed by atoms with van der Waals surface area (Å²) in [5.41, 5.74) is 2.16. The minimum absolute atomic E-state index is 0. The molecule has 6 heteroatoms.